The van der Waals surface area contributed by atoms with Gasteiger partial charge >= 0.3 is 0 Å². The minimum absolute atomic E-state index is 0.00960. The van der Waals surface area contributed by atoms with Crippen LogP contribution in [0.3, 0.4) is 0 Å². The van der Waals surface area contributed by atoms with Crippen molar-refractivity contribution in [3.05, 3.63) is 0 Å². The second-order valence-corrected chi connectivity index (χ2v) is 8.47. The molecule has 1 amide bonds. The number of amides is 1. The van der Waals surface area contributed by atoms with E-state index >= 15 is 0 Å². The first-order chi connectivity index (χ1) is 10.6. The first-order valence-electron chi connectivity index (χ1n) is 9.26. The number of fused-ring (bicyclic) bond motifs is 1. The molecule has 2 aliphatic carbocycles. The number of carbonyl (C=O) groups is 1. The minimum Gasteiger partial charge on any atom is -0.352 e. The fourth-order valence-corrected chi connectivity index (χ4v) is 5.48. The maximum absolute atomic E-state index is 12.6. The maximum Gasteiger partial charge on any atom is 0.237 e. The van der Waals surface area contributed by atoms with Crippen LogP contribution in [-0.4, -0.2) is 29.4 Å². The Labute approximate surface area is 139 Å². The van der Waals surface area contributed by atoms with Crippen molar-refractivity contribution in [2.24, 2.45) is 17.8 Å². The number of rotatable bonds is 3. The van der Waals surface area contributed by atoms with Crippen molar-refractivity contribution in [3.63, 3.8) is 0 Å². The largest absolute Gasteiger partial charge is 0.352 e. The molecular weight excluding hydrogens is 296 g/mol. The summed E-state index contributed by atoms with van der Waals surface area (Å²) in [4.78, 5) is 12.6. The fourth-order valence-electron chi connectivity index (χ4n) is 4.99. The Kier molecular flexibility index (Phi) is 5.34. The molecule has 7 unspecified atom stereocenters. The number of hydrogen-bond donors (Lipinski definition) is 2. The molecule has 3 aliphatic rings. The predicted molar refractivity (Wildman–Crippen MR) is 91.0 cm³/mol. The van der Waals surface area contributed by atoms with Gasteiger partial charge in [-0.2, -0.15) is 0 Å². The quantitative estimate of drug-likeness (QED) is 0.780. The van der Waals surface area contributed by atoms with Crippen molar-refractivity contribution in [3.8, 4) is 0 Å². The van der Waals surface area contributed by atoms with Crippen molar-refractivity contribution >= 4 is 17.5 Å². The fraction of sp³-hybridized carbons (Fsp3) is 0.944. The monoisotopic (exact) mass is 326 g/mol. The molecule has 1 heterocycles. The van der Waals surface area contributed by atoms with Gasteiger partial charge in [0, 0.05) is 17.5 Å². The Bertz CT molecular complexity index is 403. The molecular formula is C18H31ClN2O. The van der Waals surface area contributed by atoms with Crippen LogP contribution >= 0.6 is 11.6 Å². The van der Waals surface area contributed by atoms with Crippen LogP contribution in [0.15, 0.2) is 0 Å². The number of hydrogen-bond acceptors (Lipinski definition) is 2. The van der Waals surface area contributed by atoms with Crippen molar-refractivity contribution in [1.82, 2.24) is 10.6 Å². The highest BCUT2D eigenvalue weighted by Gasteiger charge is 2.42. The van der Waals surface area contributed by atoms with E-state index in [1.165, 1.54) is 32.1 Å². The van der Waals surface area contributed by atoms with Gasteiger partial charge in [-0.05, 0) is 56.8 Å². The third-order valence-corrected chi connectivity index (χ3v) is 6.89. The van der Waals surface area contributed by atoms with Crippen LogP contribution in [-0.2, 0) is 4.79 Å². The van der Waals surface area contributed by atoms with Crippen LogP contribution in [0.4, 0.5) is 0 Å². The van der Waals surface area contributed by atoms with Gasteiger partial charge in [0.2, 0.25) is 5.91 Å². The normalized spacial score (nSPS) is 43.4. The zero-order valence-electron chi connectivity index (χ0n) is 14.0. The van der Waals surface area contributed by atoms with Gasteiger partial charge < -0.3 is 10.6 Å². The smallest absolute Gasteiger partial charge is 0.237 e. The first kappa shape index (κ1) is 16.6. The molecule has 0 aromatic rings. The summed E-state index contributed by atoms with van der Waals surface area (Å²) < 4.78 is 0. The molecule has 0 aromatic carbocycles. The molecule has 22 heavy (non-hydrogen) atoms. The van der Waals surface area contributed by atoms with Crippen molar-refractivity contribution < 1.29 is 4.79 Å². The second-order valence-electron chi connectivity index (χ2n) is 7.91. The van der Waals surface area contributed by atoms with Crippen molar-refractivity contribution in [2.75, 3.05) is 0 Å². The number of nitrogens with one attached hydrogen (secondary N) is 2. The zero-order valence-corrected chi connectivity index (χ0v) is 14.7. The predicted octanol–water partition coefficient (Wildman–Crippen LogP) is 3.46. The van der Waals surface area contributed by atoms with Crippen LogP contribution in [0.25, 0.3) is 0 Å². The van der Waals surface area contributed by atoms with E-state index in [1.54, 1.807) is 0 Å². The lowest BCUT2D eigenvalue weighted by Crippen LogP contribution is -2.50. The standard InChI is InChI=1S/C18H31ClN2O/c1-11-6-5-7-13-10-16(21-17(11)13)18(22)20-12(2)14-8-3-4-9-15(14)19/h11-17,21H,3-10H2,1-2H3,(H,20,22). The molecule has 2 saturated carbocycles. The molecule has 1 saturated heterocycles. The van der Waals surface area contributed by atoms with E-state index in [1.807, 2.05) is 0 Å². The molecule has 126 valence electrons. The van der Waals surface area contributed by atoms with Gasteiger partial charge in [0.1, 0.15) is 0 Å². The molecule has 3 nitrogen and oxygen atoms in total. The molecule has 4 heteroatoms. The van der Waals surface area contributed by atoms with Crippen LogP contribution < -0.4 is 10.6 Å². The average molecular weight is 327 g/mol. The molecule has 0 bridgehead atoms. The third kappa shape index (κ3) is 3.46. The van der Waals surface area contributed by atoms with Crippen molar-refractivity contribution in [2.45, 2.75) is 88.7 Å². The summed E-state index contributed by atoms with van der Waals surface area (Å²) in [5.41, 5.74) is 0. The number of carbonyl (C=O) groups excluding carboxylic acids is 1. The summed E-state index contributed by atoms with van der Waals surface area (Å²) in [6, 6.07) is 0.753. The number of alkyl halides is 1. The van der Waals surface area contributed by atoms with Gasteiger partial charge in [-0.3, -0.25) is 4.79 Å². The second kappa shape index (κ2) is 7.09. The molecule has 1 aliphatic heterocycles. The molecule has 0 radical (unpaired) electrons. The van der Waals surface area contributed by atoms with E-state index in [4.69, 9.17) is 11.6 Å². The maximum atomic E-state index is 12.6. The van der Waals surface area contributed by atoms with Gasteiger partial charge in [0.15, 0.2) is 0 Å². The molecule has 0 spiro atoms. The Balaban J connectivity index is 1.53. The van der Waals surface area contributed by atoms with E-state index in [2.05, 4.69) is 24.5 Å². The summed E-state index contributed by atoms with van der Waals surface area (Å²) in [7, 11) is 0. The highest BCUT2D eigenvalue weighted by atomic mass is 35.5. The molecule has 3 fully saturated rings. The summed E-state index contributed by atoms with van der Waals surface area (Å²) in [6.45, 7) is 4.46. The molecule has 0 aromatic heterocycles. The van der Waals surface area contributed by atoms with E-state index in [0.717, 1.165) is 19.3 Å². The van der Waals surface area contributed by atoms with E-state index < -0.39 is 0 Å². The molecule has 7 atom stereocenters. The van der Waals surface area contributed by atoms with Gasteiger partial charge in [-0.15, -0.1) is 11.6 Å². The van der Waals surface area contributed by atoms with Crippen LogP contribution in [0.5, 0.6) is 0 Å². The van der Waals surface area contributed by atoms with Crippen LogP contribution in [0, 0.1) is 17.8 Å². The Morgan fingerprint density at radius 1 is 1.18 bits per heavy atom. The van der Waals surface area contributed by atoms with E-state index in [0.29, 0.717) is 23.8 Å². The molecule has 3 rings (SSSR count). The van der Waals surface area contributed by atoms with Gasteiger partial charge in [-0.1, -0.05) is 26.2 Å². The minimum atomic E-state index is 0.00960. The van der Waals surface area contributed by atoms with Gasteiger partial charge in [0.05, 0.1) is 6.04 Å². The Morgan fingerprint density at radius 3 is 2.68 bits per heavy atom. The lowest BCUT2D eigenvalue weighted by molar-refractivity contribution is -0.123. The van der Waals surface area contributed by atoms with Gasteiger partial charge in [0.25, 0.3) is 0 Å². The first-order valence-corrected chi connectivity index (χ1v) is 9.70. The van der Waals surface area contributed by atoms with Crippen LogP contribution in [0.2, 0.25) is 0 Å². The Hall–Kier alpha value is -0.280. The SMILES string of the molecule is CC1CCCC2CC(C(=O)NC(C)C3CCCCC3Cl)NC12. The van der Waals surface area contributed by atoms with Crippen LogP contribution in [0.1, 0.15) is 65.2 Å². The van der Waals surface area contributed by atoms with E-state index in [9.17, 15) is 4.79 Å². The summed E-state index contributed by atoms with van der Waals surface area (Å²) in [5, 5.41) is 7.10. The number of halogens is 1. The zero-order chi connectivity index (χ0) is 15.7. The lowest BCUT2D eigenvalue weighted by Gasteiger charge is -2.33. The summed E-state index contributed by atoms with van der Waals surface area (Å²) in [6.07, 6.45) is 9.65. The summed E-state index contributed by atoms with van der Waals surface area (Å²) in [5.74, 6) is 2.04. The topological polar surface area (TPSA) is 41.1 Å². The third-order valence-electron chi connectivity index (χ3n) is 6.35. The molecule has 2 N–H and O–H groups in total. The highest BCUT2D eigenvalue weighted by Crippen LogP contribution is 2.37. The average Bonchev–Trinajstić information content (AvgIpc) is 2.93. The van der Waals surface area contributed by atoms with E-state index in [-0.39, 0.29) is 23.4 Å². The highest BCUT2D eigenvalue weighted by molar-refractivity contribution is 6.20. The lowest BCUT2D eigenvalue weighted by atomic mass is 9.78. The van der Waals surface area contributed by atoms with Crippen molar-refractivity contribution in [1.29, 1.82) is 0 Å². The Morgan fingerprint density at radius 2 is 1.95 bits per heavy atom. The summed E-state index contributed by atoms with van der Waals surface area (Å²) >= 11 is 6.47. The van der Waals surface area contributed by atoms with Gasteiger partial charge in [-0.25, -0.2) is 0 Å².